The predicted octanol–water partition coefficient (Wildman–Crippen LogP) is 2.36. The molecule has 0 aliphatic carbocycles. The molecular formula is C17H13N5O4. The normalized spacial score (nSPS) is 10.3. The van der Waals surface area contributed by atoms with Crippen LogP contribution >= 0.6 is 0 Å². The summed E-state index contributed by atoms with van der Waals surface area (Å²) in [5, 5.41) is 23.7. The van der Waals surface area contributed by atoms with Gasteiger partial charge < -0.3 is 9.72 Å². The van der Waals surface area contributed by atoms with Gasteiger partial charge in [-0.15, -0.1) is 0 Å². The summed E-state index contributed by atoms with van der Waals surface area (Å²) < 4.78 is 6.83. The number of hydrogen-bond acceptors (Lipinski definition) is 6. The van der Waals surface area contributed by atoms with E-state index in [1.807, 2.05) is 6.07 Å². The van der Waals surface area contributed by atoms with E-state index in [-0.39, 0.29) is 18.0 Å². The fourth-order valence-electron chi connectivity index (χ4n) is 2.42. The second-order valence-corrected chi connectivity index (χ2v) is 5.47. The van der Waals surface area contributed by atoms with E-state index in [2.05, 4.69) is 10.1 Å². The van der Waals surface area contributed by atoms with Crippen molar-refractivity contribution in [2.45, 2.75) is 13.7 Å². The maximum atomic E-state index is 11.9. The lowest BCUT2D eigenvalue weighted by atomic mass is 10.0. The van der Waals surface area contributed by atoms with Crippen LogP contribution in [0.3, 0.4) is 0 Å². The zero-order valence-electron chi connectivity index (χ0n) is 13.7. The predicted molar refractivity (Wildman–Crippen MR) is 91.5 cm³/mol. The van der Waals surface area contributed by atoms with Gasteiger partial charge >= 0.3 is 5.69 Å². The van der Waals surface area contributed by atoms with E-state index in [1.165, 1.54) is 10.9 Å². The highest BCUT2D eigenvalue weighted by Crippen LogP contribution is 2.24. The number of H-pyrrole nitrogens is 1. The Morgan fingerprint density at radius 1 is 1.38 bits per heavy atom. The fourth-order valence-corrected chi connectivity index (χ4v) is 2.42. The Bertz CT molecular complexity index is 1060. The van der Waals surface area contributed by atoms with Crippen molar-refractivity contribution in [1.29, 1.82) is 5.26 Å². The highest BCUT2D eigenvalue weighted by molar-refractivity contribution is 5.70. The fraction of sp³-hybridized carbons (Fsp3) is 0.118. The van der Waals surface area contributed by atoms with E-state index >= 15 is 0 Å². The first kappa shape index (κ1) is 16.9. The molecule has 0 saturated heterocycles. The number of ether oxygens (including phenoxy) is 1. The molecule has 0 radical (unpaired) electrons. The molecule has 0 spiro atoms. The zero-order chi connectivity index (χ0) is 18.7. The van der Waals surface area contributed by atoms with Crippen LogP contribution in [-0.2, 0) is 6.73 Å². The van der Waals surface area contributed by atoms with Crippen LogP contribution in [0.5, 0.6) is 5.75 Å². The van der Waals surface area contributed by atoms with Crippen molar-refractivity contribution in [1.82, 2.24) is 14.8 Å². The molecular weight excluding hydrogens is 338 g/mol. The minimum absolute atomic E-state index is 0.0146. The molecule has 9 heteroatoms. The Morgan fingerprint density at radius 2 is 2.12 bits per heavy atom. The van der Waals surface area contributed by atoms with Crippen molar-refractivity contribution in [2.24, 2.45) is 0 Å². The number of nitriles is 1. The standard InChI is InChI=1S/C17H13N5O4/c1-11-6-15(16(7-18)17(23)20-11)12-2-4-14(5-3-12)26-10-21-9-13(8-19-21)22(24)25/h2-6,8-9H,10H2,1H3,(H,20,23). The lowest BCUT2D eigenvalue weighted by molar-refractivity contribution is -0.385. The van der Waals surface area contributed by atoms with Crippen molar-refractivity contribution in [3.8, 4) is 22.9 Å². The lowest BCUT2D eigenvalue weighted by Gasteiger charge is -2.08. The zero-order valence-corrected chi connectivity index (χ0v) is 13.7. The van der Waals surface area contributed by atoms with Crippen LogP contribution in [0.15, 0.2) is 47.5 Å². The van der Waals surface area contributed by atoms with Crippen LogP contribution in [0.2, 0.25) is 0 Å². The van der Waals surface area contributed by atoms with Gasteiger partial charge in [0.25, 0.3) is 5.56 Å². The molecule has 0 unspecified atom stereocenters. The third kappa shape index (κ3) is 3.44. The second-order valence-electron chi connectivity index (χ2n) is 5.47. The number of hydrogen-bond donors (Lipinski definition) is 1. The highest BCUT2D eigenvalue weighted by atomic mass is 16.6. The van der Waals surface area contributed by atoms with Crippen LogP contribution in [0, 0.1) is 28.4 Å². The van der Waals surface area contributed by atoms with Gasteiger partial charge in [0.1, 0.15) is 29.8 Å². The molecule has 3 rings (SSSR count). The van der Waals surface area contributed by atoms with Gasteiger partial charge in [0.2, 0.25) is 0 Å². The largest absolute Gasteiger partial charge is 0.471 e. The quantitative estimate of drug-likeness (QED) is 0.555. The molecule has 1 N–H and O–H groups in total. The van der Waals surface area contributed by atoms with Crippen molar-refractivity contribution in [3.63, 3.8) is 0 Å². The smallest absolute Gasteiger partial charge is 0.307 e. The van der Waals surface area contributed by atoms with Crippen molar-refractivity contribution in [2.75, 3.05) is 0 Å². The maximum Gasteiger partial charge on any atom is 0.307 e. The first-order chi connectivity index (χ1) is 12.5. The van der Waals surface area contributed by atoms with Gasteiger partial charge in [0, 0.05) is 11.3 Å². The molecule has 26 heavy (non-hydrogen) atoms. The number of aryl methyl sites for hydroxylation is 1. The Labute approximate surface area is 147 Å². The number of pyridine rings is 1. The molecule has 0 aliphatic heterocycles. The minimum atomic E-state index is -0.533. The van der Waals surface area contributed by atoms with Gasteiger partial charge in [-0.3, -0.25) is 14.9 Å². The summed E-state index contributed by atoms with van der Waals surface area (Å²) in [6.07, 6.45) is 2.41. The summed E-state index contributed by atoms with van der Waals surface area (Å²) in [7, 11) is 0. The van der Waals surface area contributed by atoms with E-state index < -0.39 is 10.5 Å². The molecule has 3 aromatic rings. The van der Waals surface area contributed by atoms with Gasteiger partial charge in [-0.25, -0.2) is 4.68 Å². The van der Waals surface area contributed by atoms with Gasteiger partial charge in [-0.05, 0) is 30.7 Å². The first-order valence-corrected chi connectivity index (χ1v) is 7.52. The molecule has 2 aromatic heterocycles. The molecule has 0 fully saturated rings. The number of aromatic amines is 1. The van der Waals surface area contributed by atoms with Crippen molar-refractivity contribution < 1.29 is 9.66 Å². The third-order valence-corrected chi connectivity index (χ3v) is 3.64. The number of benzene rings is 1. The maximum absolute atomic E-state index is 11.9. The van der Waals surface area contributed by atoms with Gasteiger partial charge in [-0.2, -0.15) is 10.4 Å². The summed E-state index contributed by atoms with van der Waals surface area (Å²) in [6, 6.07) is 10.5. The average Bonchev–Trinajstić information content (AvgIpc) is 3.09. The number of nitrogens with one attached hydrogen (secondary N) is 1. The molecule has 9 nitrogen and oxygen atoms in total. The highest BCUT2D eigenvalue weighted by Gasteiger charge is 2.11. The lowest BCUT2D eigenvalue weighted by Crippen LogP contribution is -2.12. The Balaban J connectivity index is 1.78. The van der Waals surface area contributed by atoms with E-state index in [0.717, 1.165) is 6.20 Å². The summed E-state index contributed by atoms with van der Waals surface area (Å²) >= 11 is 0. The number of rotatable bonds is 5. The molecule has 0 atom stereocenters. The molecule has 0 amide bonds. The Kier molecular flexibility index (Phi) is 4.49. The van der Waals surface area contributed by atoms with E-state index in [4.69, 9.17) is 4.74 Å². The van der Waals surface area contributed by atoms with Crippen LogP contribution in [-0.4, -0.2) is 19.7 Å². The van der Waals surface area contributed by atoms with Crippen LogP contribution < -0.4 is 10.3 Å². The molecule has 0 saturated carbocycles. The third-order valence-electron chi connectivity index (χ3n) is 3.64. The van der Waals surface area contributed by atoms with Gasteiger partial charge in [-0.1, -0.05) is 12.1 Å². The van der Waals surface area contributed by atoms with Gasteiger partial charge in [0.05, 0.1) is 4.92 Å². The van der Waals surface area contributed by atoms with Crippen molar-refractivity contribution >= 4 is 5.69 Å². The number of nitrogens with zero attached hydrogens (tertiary/aromatic N) is 4. The SMILES string of the molecule is Cc1cc(-c2ccc(OCn3cc([N+](=O)[O-])cn3)cc2)c(C#N)c(=O)[nH]1. The summed E-state index contributed by atoms with van der Waals surface area (Å²) in [6.45, 7) is 1.76. The van der Waals surface area contributed by atoms with Crippen LogP contribution in [0.1, 0.15) is 11.3 Å². The van der Waals surface area contributed by atoms with E-state index in [9.17, 15) is 20.2 Å². The first-order valence-electron chi connectivity index (χ1n) is 7.52. The molecule has 0 bridgehead atoms. The Morgan fingerprint density at radius 3 is 2.73 bits per heavy atom. The second kappa shape index (κ2) is 6.90. The average molecular weight is 351 g/mol. The summed E-state index contributed by atoms with van der Waals surface area (Å²) in [5.41, 5.74) is 1.42. The number of nitro groups is 1. The molecule has 0 aliphatic rings. The summed E-state index contributed by atoms with van der Waals surface area (Å²) in [4.78, 5) is 24.6. The number of aromatic nitrogens is 3. The molecule has 1 aromatic carbocycles. The summed E-state index contributed by atoms with van der Waals surface area (Å²) in [5.74, 6) is 0.520. The monoisotopic (exact) mass is 351 g/mol. The van der Waals surface area contributed by atoms with Crippen LogP contribution in [0.4, 0.5) is 5.69 Å². The van der Waals surface area contributed by atoms with Crippen LogP contribution in [0.25, 0.3) is 11.1 Å². The molecule has 130 valence electrons. The van der Waals surface area contributed by atoms with Crippen molar-refractivity contribution in [3.05, 3.63) is 74.5 Å². The van der Waals surface area contributed by atoms with Gasteiger partial charge in [0.15, 0.2) is 6.73 Å². The van der Waals surface area contributed by atoms with E-state index in [0.29, 0.717) is 22.6 Å². The Hall–Kier alpha value is -3.93. The molecule has 2 heterocycles. The minimum Gasteiger partial charge on any atom is -0.471 e. The van der Waals surface area contributed by atoms with E-state index in [1.54, 1.807) is 37.3 Å². The topological polar surface area (TPSA) is 127 Å².